The van der Waals surface area contributed by atoms with E-state index in [4.69, 9.17) is 0 Å². The van der Waals surface area contributed by atoms with Gasteiger partial charge in [-0.25, -0.2) is 0 Å². The number of aliphatic imine (C=N–C) groups is 1. The highest BCUT2D eigenvalue weighted by Gasteiger charge is 2.01. The second-order valence-corrected chi connectivity index (χ2v) is 4.37. The van der Waals surface area contributed by atoms with Crippen LogP contribution < -0.4 is 5.32 Å². The predicted octanol–water partition coefficient (Wildman–Crippen LogP) is 1.03. The molecule has 0 aliphatic heterocycles. The lowest BCUT2D eigenvalue weighted by atomic mass is 10.4. The first-order valence-electron chi connectivity index (χ1n) is 5.93. The van der Waals surface area contributed by atoms with Crippen molar-refractivity contribution in [3.63, 3.8) is 0 Å². The molecule has 1 N–H and O–H groups in total. The topological polar surface area (TPSA) is 45.5 Å². The molecular formula is C12H23N5. The SMILES string of the molecule is CN=C(NCCCn1nc(C)cc1C)N(C)C. The minimum Gasteiger partial charge on any atom is -0.356 e. The zero-order valence-electron chi connectivity index (χ0n) is 11.5. The third-order valence-corrected chi connectivity index (χ3v) is 2.57. The van der Waals surface area contributed by atoms with Gasteiger partial charge in [0.25, 0.3) is 0 Å². The van der Waals surface area contributed by atoms with Crippen LogP contribution >= 0.6 is 0 Å². The molecule has 0 aliphatic carbocycles. The lowest BCUT2D eigenvalue weighted by Crippen LogP contribution is -2.37. The van der Waals surface area contributed by atoms with Crippen LogP contribution in [-0.2, 0) is 6.54 Å². The van der Waals surface area contributed by atoms with E-state index in [9.17, 15) is 0 Å². The molecule has 0 fully saturated rings. The molecular weight excluding hydrogens is 214 g/mol. The summed E-state index contributed by atoms with van der Waals surface area (Å²) >= 11 is 0. The van der Waals surface area contributed by atoms with Crippen LogP contribution in [0, 0.1) is 13.8 Å². The van der Waals surface area contributed by atoms with Gasteiger partial charge in [-0.1, -0.05) is 0 Å². The number of rotatable bonds is 4. The fourth-order valence-corrected chi connectivity index (χ4v) is 1.77. The summed E-state index contributed by atoms with van der Waals surface area (Å²) in [5, 5.41) is 7.73. The molecule has 0 aliphatic rings. The second kappa shape index (κ2) is 6.27. The quantitative estimate of drug-likeness (QED) is 0.483. The Morgan fingerprint density at radius 3 is 2.65 bits per heavy atom. The molecule has 1 rings (SSSR count). The molecule has 5 heteroatoms. The van der Waals surface area contributed by atoms with Crippen molar-refractivity contribution in [3.05, 3.63) is 17.5 Å². The molecule has 0 spiro atoms. The van der Waals surface area contributed by atoms with Crippen molar-refractivity contribution in [2.24, 2.45) is 4.99 Å². The Labute approximate surface area is 104 Å². The van der Waals surface area contributed by atoms with Crippen LogP contribution in [0.25, 0.3) is 0 Å². The third-order valence-electron chi connectivity index (χ3n) is 2.57. The van der Waals surface area contributed by atoms with Crippen molar-refractivity contribution < 1.29 is 0 Å². The van der Waals surface area contributed by atoms with Crippen molar-refractivity contribution in [2.75, 3.05) is 27.7 Å². The van der Waals surface area contributed by atoms with Crippen molar-refractivity contribution in [2.45, 2.75) is 26.8 Å². The molecule has 0 amide bonds. The van der Waals surface area contributed by atoms with E-state index in [0.29, 0.717) is 0 Å². The van der Waals surface area contributed by atoms with Gasteiger partial charge in [-0.05, 0) is 26.3 Å². The first-order valence-corrected chi connectivity index (χ1v) is 5.93. The van der Waals surface area contributed by atoms with Crippen molar-refractivity contribution >= 4 is 5.96 Å². The molecule has 5 nitrogen and oxygen atoms in total. The molecule has 0 unspecified atom stereocenters. The average Bonchev–Trinajstić information content (AvgIpc) is 2.57. The lowest BCUT2D eigenvalue weighted by Gasteiger charge is -2.16. The molecule has 0 radical (unpaired) electrons. The third kappa shape index (κ3) is 4.09. The number of aromatic nitrogens is 2. The van der Waals surface area contributed by atoms with E-state index in [1.165, 1.54) is 5.69 Å². The van der Waals surface area contributed by atoms with E-state index in [-0.39, 0.29) is 0 Å². The van der Waals surface area contributed by atoms with Crippen LogP contribution in [0.3, 0.4) is 0 Å². The maximum atomic E-state index is 4.43. The number of aryl methyl sites for hydroxylation is 3. The highest BCUT2D eigenvalue weighted by molar-refractivity contribution is 5.79. The first-order chi connectivity index (χ1) is 8.04. The summed E-state index contributed by atoms with van der Waals surface area (Å²) in [6.45, 7) is 5.96. The standard InChI is InChI=1S/C12H23N5/c1-10-9-11(2)17(15-10)8-6-7-14-12(13-3)16(4)5/h9H,6-8H2,1-5H3,(H,13,14). The van der Waals surface area contributed by atoms with E-state index >= 15 is 0 Å². The van der Waals surface area contributed by atoms with E-state index in [1.807, 2.05) is 25.9 Å². The van der Waals surface area contributed by atoms with Crippen molar-refractivity contribution in [1.29, 1.82) is 0 Å². The van der Waals surface area contributed by atoms with Gasteiger partial charge in [0.15, 0.2) is 5.96 Å². The van der Waals surface area contributed by atoms with Crippen LogP contribution in [0.4, 0.5) is 0 Å². The van der Waals surface area contributed by atoms with Crippen LogP contribution in [0.5, 0.6) is 0 Å². The molecule has 0 saturated heterocycles. The Morgan fingerprint density at radius 2 is 2.18 bits per heavy atom. The van der Waals surface area contributed by atoms with Gasteiger partial charge < -0.3 is 10.2 Å². The smallest absolute Gasteiger partial charge is 0.193 e. The van der Waals surface area contributed by atoms with Gasteiger partial charge >= 0.3 is 0 Å². The van der Waals surface area contributed by atoms with E-state index in [1.54, 1.807) is 7.05 Å². The number of guanidine groups is 1. The number of hydrogen-bond acceptors (Lipinski definition) is 2. The maximum absolute atomic E-state index is 4.43. The Balaban J connectivity index is 2.31. The van der Waals surface area contributed by atoms with Gasteiger partial charge in [-0.15, -0.1) is 0 Å². The molecule has 0 aromatic carbocycles. The number of nitrogens with one attached hydrogen (secondary N) is 1. The maximum Gasteiger partial charge on any atom is 0.193 e. The zero-order valence-corrected chi connectivity index (χ0v) is 11.5. The summed E-state index contributed by atoms with van der Waals surface area (Å²) in [5.41, 5.74) is 2.30. The van der Waals surface area contributed by atoms with Crippen molar-refractivity contribution in [1.82, 2.24) is 20.0 Å². The summed E-state index contributed by atoms with van der Waals surface area (Å²) in [7, 11) is 5.76. The molecule has 96 valence electrons. The summed E-state index contributed by atoms with van der Waals surface area (Å²) in [6.07, 6.45) is 1.04. The predicted molar refractivity (Wildman–Crippen MR) is 71.4 cm³/mol. The molecule has 17 heavy (non-hydrogen) atoms. The van der Waals surface area contributed by atoms with Gasteiger partial charge in [-0.2, -0.15) is 5.10 Å². The molecule has 1 aromatic rings. The number of hydrogen-bond donors (Lipinski definition) is 1. The Hall–Kier alpha value is -1.52. The molecule has 0 saturated carbocycles. The molecule has 0 bridgehead atoms. The first kappa shape index (κ1) is 13.5. The lowest BCUT2D eigenvalue weighted by molar-refractivity contribution is 0.536. The second-order valence-electron chi connectivity index (χ2n) is 4.37. The van der Waals surface area contributed by atoms with Gasteiger partial charge in [-0.3, -0.25) is 9.67 Å². The minimum atomic E-state index is 0.906. The minimum absolute atomic E-state index is 0.906. The molecule has 0 atom stereocenters. The molecule has 1 aromatic heterocycles. The van der Waals surface area contributed by atoms with E-state index < -0.39 is 0 Å². The van der Waals surface area contributed by atoms with Crippen LogP contribution in [0.2, 0.25) is 0 Å². The van der Waals surface area contributed by atoms with Gasteiger partial charge in [0.2, 0.25) is 0 Å². The Morgan fingerprint density at radius 1 is 1.47 bits per heavy atom. The summed E-state index contributed by atoms with van der Waals surface area (Å²) in [6, 6.07) is 2.10. The van der Waals surface area contributed by atoms with Crippen LogP contribution in [0.15, 0.2) is 11.1 Å². The van der Waals surface area contributed by atoms with E-state index in [0.717, 1.165) is 31.2 Å². The fourth-order valence-electron chi connectivity index (χ4n) is 1.77. The summed E-state index contributed by atoms with van der Waals surface area (Å²) < 4.78 is 2.05. The van der Waals surface area contributed by atoms with E-state index in [2.05, 4.69) is 33.1 Å². The highest BCUT2D eigenvalue weighted by atomic mass is 15.3. The van der Waals surface area contributed by atoms with Gasteiger partial charge in [0.05, 0.1) is 5.69 Å². The molecule has 1 heterocycles. The van der Waals surface area contributed by atoms with Gasteiger partial charge in [0.1, 0.15) is 0 Å². The van der Waals surface area contributed by atoms with Crippen LogP contribution in [-0.4, -0.2) is 48.3 Å². The Kier molecular flexibility index (Phi) is 5.00. The fraction of sp³-hybridized carbons (Fsp3) is 0.667. The van der Waals surface area contributed by atoms with Crippen molar-refractivity contribution in [3.8, 4) is 0 Å². The summed E-state index contributed by atoms with van der Waals surface area (Å²) in [5.74, 6) is 0.915. The summed E-state index contributed by atoms with van der Waals surface area (Å²) in [4.78, 5) is 6.14. The van der Waals surface area contributed by atoms with Crippen LogP contribution in [0.1, 0.15) is 17.8 Å². The average molecular weight is 237 g/mol. The Bertz CT molecular complexity index is 378. The number of nitrogens with zero attached hydrogens (tertiary/aromatic N) is 4. The largest absolute Gasteiger partial charge is 0.356 e. The zero-order chi connectivity index (χ0) is 12.8. The van der Waals surface area contributed by atoms with Gasteiger partial charge in [0, 0.05) is 39.9 Å². The normalized spacial score (nSPS) is 11.7. The highest BCUT2D eigenvalue weighted by Crippen LogP contribution is 2.02. The monoisotopic (exact) mass is 237 g/mol.